The minimum atomic E-state index is -0.336. The SMILES string of the molecule is CC(=O)ON1CC2CCC(=O)CC2c2ccc(OC(C)CCCc3ccccc3)cc21. The van der Waals surface area contributed by atoms with Gasteiger partial charge in [0.05, 0.1) is 18.3 Å². The highest BCUT2D eigenvalue weighted by molar-refractivity contribution is 5.81. The molecule has 5 nitrogen and oxygen atoms in total. The van der Waals surface area contributed by atoms with Crippen molar-refractivity contribution in [2.24, 2.45) is 5.92 Å². The fraction of sp³-hybridized carbons (Fsp3) is 0.462. The lowest BCUT2D eigenvalue weighted by atomic mass is 9.72. The van der Waals surface area contributed by atoms with Crippen LogP contribution >= 0.6 is 0 Å². The zero-order chi connectivity index (χ0) is 21.8. The van der Waals surface area contributed by atoms with Crippen molar-refractivity contribution in [3.05, 3.63) is 59.7 Å². The summed E-state index contributed by atoms with van der Waals surface area (Å²) >= 11 is 0. The van der Waals surface area contributed by atoms with Crippen LogP contribution in [0.3, 0.4) is 0 Å². The monoisotopic (exact) mass is 421 g/mol. The molecule has 1 aliphatic carbocycles. The number of nitrogens with zero attached hydrogens (tertiary/aromatic N) is 1. The number of hydrogen-bond acceptors (Lipinski definition) is 5. The molecule has 5 heteroatoms. The number of ether oxygens (including phenoxy) is 1. The van der Waals surface area contributed by atoms with Gasteiger partial charge in [0.2, 0.25) is 0 Å². The number of Topliss-reactive ketones (excluding diaryl/α,β-unsaturated/α-hetero) is 1. The number of carbonyl (C=O) groups excluding carboxylic acids is 2. The van der Waals surface area contributed by atoms with Crippen LogP contribution in [-0.2, 0) is 20.8 Å². The molecule has 2 aromatic rings. The van der Waals surface area contributed by atoms with Gasteiger partial charge >= 0.3 is 5.97 Å². The van der Waals surface area contributed by atoms with Crippen LogP contribution < -0.4 is 9.80 Å². The number of aryl methyl sites for hydroxylation is 1. The third-order valence-corrected chi connectivity index (χ3v) is 6.38. The Morgan fingerprint density at radius 1 is 1.19 bits per heavy atom. The van der Waals surface area contributed by atoms with E-state index in [0.29, 0.717) is 31.1 Å². The van der Waals surface area contributed by atoms with Crippen LogP contribution in [0, 0.1) is 5.92 Å². The molecule has 3 atom stereocenters. The molecule has 0 bridgehead atoms. The number of carbonyl (C=O) groups is 2. The molecule has 31 heavy (non-hydrogen) atoms. The van der Waals surface area contributed by atoms with Crippen LogP contribution in [0.4, 0.5) is 5.69 Å². The predicted molar refractivity (Wildman–Crippen MR) is 120 cm³/mol. The van der Waals surface area contributed by atoms with E-state index in [2.05, 4.69) is 31.2 Å². The minimum Gasteiger partial charge on any atom is -0.491 e. The van der Waals surface area contributed by atoms with Gasteiger partial charge in [-0.2, -0.15) is 0 Å². The Morgan fingerprint density at radius 3 is 2.77 bits per heavy atom. The summed E-state index contributed by atoms with van der Waals surface area (Å²) in [6.07, 6.45) is 5.17. The molecular weight excluding hydrogens is 390 g/mol. The van der Waals surface area contributed by atoms with Gasteiger partial charge in [0.25, 0.3) is 0 Å². The number of fused-ring (bicyclic) bond motifs is 3. The summed E-state index contributed by atoms with van der Waals surface area (Å²) in [7, 11) is 0. The number of hydrogen-bond donors (Lipinski definition) is 0. The van der Waals surface area contributed by atoms with Crippen molar-refractivity contribution in [3.8, 4) is 5.75 Å². The van der Waals surface area contributed by atoms with E-state index >= 15 is 0 Å². The van der Waals surface area contributed by atoms with Gasteiger partial charge in [-0.05, 0) is 61.6 Å². The molecule has 0 radical (unpaired) electrons. The van der Waals surface area contributed by atoms with Gasteiger partial charge < -0.3 is 9.57 Å². The second kappa shape index (κ2) is 9.54. The van der Waals surface area contributed by atoms with E-state index in [-0.39, 0.29) is 18.0 Å². The van der Waals surface area contributed by atoms with Crippen molar-refractivity contribution < 1.29 is 19.2 Å². The Morgan fingerprint density at radius 2 is 2.00 bits per heavy atom. The van der Waals surface area contributed by atoms with Crippen LogP contribution in [0.5, 0.6) is 5.75 Å². The molecule has 0 amide bonds. The molecule has 1 heterocycles. The number of anilines is 1. The quantitative estimate of drug-likeness (QED) is 0.613. The fourth-order valence-electron chi connectivity index (χ4n) is 4.85. The highest BCUT2D eigenvalue weighted by Crippen LogP contribution is 2.46. The molecule has 0 aromatic heterocycles. The standard InChI is InChI=1S/C26H31NO4/c1-18(7-6-10-20-8-4-3-5-9-20)30-23-13-14-24-25-15-22(29)12-11-21(25)17-27(26(24)16-23)31-19(2)28/h3-5,8-9,13-14,16,18,21,25H,6-7,10-12,15,17H2,1-2H3. The van der Waals surface area contributed by atoms with Crippen molar-refractivity contribution in [3.63, 3.8) is 0 Å². The number of benzene rings is 2. The van der Waals surface area contributed by atoms with E-state index in [1.54, 1.807) is 5.06 Å². The van der Waals surface area contributed by atoms with E-state index in [9.17, 15) is 9.59 Å². The molecule has 0 saturated heterocycles. The summed E-state index contributed by atoms with van der Waals surface area (Å²) in [6.45, 7) is 4.13. The lowest BCUT2D eigenvalue weighted by Crippen LogP contribution is -2.41. The van der Waals surface area contributed by atoms with Crippen LogP contribution in [0.1, 0.15) is 63.0 Å². The molecule has 1 aliphatic heterocycles. The maximum absolute atomic E-state index is 12.1. The van der Waals surface area contributed by atoms with Gasteiger partial charge in [0.15, 0.2) is 0 Å². The lowest BCUT2D eigenvalue weighted by Gasteiger charge is -2.41. The minimum absolute atomic E-state index is 0.0801. The second-order valence-corrected chi connectivity index (χ2v) is 8.82. The van der Waals surface area contributed by atoms with E-state index < -0.39 is 0 Å². The maximum atomic E-state index is 12.1. The molecule has 3 unspecified atom stereocenters. The summed E-state index contributed by atoms with van der Waals surface area (Å²) < 4.78 is 6.19. The van der Waals surface area contributed by atoms with Crippen molar-refractivity contribution >= 4 is 17.4 Å². The number of ketones is 1. The zero-order valence-electron chi connectivity index (χ0n) is 18.4. The van der Waals surface area contributed by atoms with Crippen LogP contribution in [0.2, 0.25) is 0 Å². The maximum Gasteiger partial charge on any atom is 0.329 e. The highest BCUT2D eigenvalue weighted by atomic mass is 16.7. The first kappa shape index (κ1) is 21.4. The smallest absolute Gasteiger partial charge is 0.329 e. The molecule has 0 spiro atoms. The first-order valence-corrected chi connectivity index (χ1v) is 11.3. The largest absolute Gasteiger partial charge is 0.491 e. The molecule has 1 fully saturated rings. The lowest BCUT2D eigenvalue weighted by molar-refractivity contribution is -0.143. The zero-order valence-corrected chi connectivity index (χ0v) is 18.4. The molecule has 2 aromatic carbocycles. The molecule has 164 valence electrons. The summed E-state index contributed by atoms with van der Waals surface area (Å²) in [5.41, 5.74) is 3.27. The summed E-state index contributed by atoms with van der Waals surface area (Å²) in [5, 5.41) is 1.70. The van der Waals surface area contributed by atoms with Crippen molar-refractivity contribution in [1.82, 2.24) is 0 Å². The summed E-state index contributed by atoms with van der Waals surface area (Å²) in [4.78, 5) is 29.3. The van der Waals surface area contributed by atoms with E-state index in [1.807, 2.05) is 24.3 Å². The van der Waals surface area contributed by atoms with Gasteiger partial charge in [0, 0.05) is 25.8 Å². The molecule has 0 N–H and O–H groups in total. The van der Waals surface area contributed by atoms with Gasteiger partial charge in [-0.15, -0.1) is 0 Å². The van der Waals surface area contributed by atoms with Crippen molar-refractivity contribution in [1.29, 1.82) is 0 Å². The van der Waals surface area contributed by atoms with Crippen LogP contribution in [-0.4, -0.2) is 24.4 Å². The first-order chi connectivity index (χ1) is 15.0. The average molecular weight is 422 g/mol. The normalized spacial score (nSPS) is 21.1. The number of rotatable bonds is 7. The van der Waals surface area contributed by atoms with Crippen LogP contribution in [0.25, 0.3) is 0 Å². The molecule has 2 aliphatic rings. The second-order valence-electron chi connectivity index (χ2n) is 8.82. The van der Waals surface area contributed by atoms with E-state index in [0.717, 1.165) is 42.7 Å². The summed E-state index contributed by atoms with van der Waals surface area (Å²) in [6, 6.07) is 16.5. The Labute approximate surface area is 184 Å². The highest BCUT2D eigenvalue weighted by Gasteiger charge is 2.39. The van der Waals surface area contributed by atoms with Gasteiger partial charge in [0.1, 0.15) is 11.5 Å². The Balaban J connectivity index is 1.45. The first-order valence-electron chi connectivity index (χ1n) is 11.3. The fourth-order valence-corrected chi connectivity index (χ4v) is 4.85. The number of hydroxylamine groups is 1. The third kappa shape index (κ3) is 5.27. The Kier molecular flexibility index (Phi) is 6.59. The van der Waals surface area contributed by atoms with Crippen molar-refractivity contribution in [2.45, 2.75) is 64.4 Å². The van der Waals surface area contributed by atoms with E-state index in [4.69, 9.17) is 9.57 Å². The van der Waals surface area contributed by atoms with E-state index in [1.165, 1.54) is 12.5 Å². The van der Waals surface area contributed by atoms with Crippen LogP contribution in [0.15, 0.2) is 48.5 Å². The molecule has 1 saturated carbocycles. The average Bonchev–Trinajstić information content (AvgIpc) is 2.74. The molecule has 4 rings (SSSR count). The van der Waals surface area contributed by atoms with Crippen molar-refractivity contribution in [2.75, 3.05) is 11.6 Å². The molecular formula is C26H31NO4. The van der Waals surface area contributed by atoms with Gasteiger partial charge in [-0.3, -0.25) is 9.59 Å². The van der Waals surface area contributed by atoms with Gasteiger partial charge in [-0.1, -0.05) is 36.4 Å². The topological polar surface area (TPSA) is 55.8 Å². The third-order valence-electron chi connectivity index (χ3n) is 6.38. The van der Waals surface area contributed by atoms with Gasteiger partial charge in [-0.25, -0.2) is 5.06 Å². The Hall–Kier alpha value is -2.82. The Bertz CT molecular complexity index is 926. The summed E-state index contributed by atoms with van der Waals surface area (Å²) in [5.74, 6) is 1.27. The predicted octanol–water partition coefficient (Wildman–Crippen LogP) is 5.23.